The van der Waals surface area contributed by atoms with Crippen molar-refractivity contribution in [3.8, 4) is 11.5 Å². The molecule has 0 amide bonds. The lowest BCUT2D eigenvalue weighted by Crippen LogP contribution is -2.29. The molecule has 6 nitrogen and oxygen atoms in total. The van der Waals surface area contributed by atoms with Gasteiger partial charge in [0.25, 0.3) is 0 Å². The second-order valence-electron chi connectivity index (χ2n) is 5.90. The van der Waals surface area contributed by atoms with Gasteiger partial charge in [0, 0.05) is 23.1 Å². The first-order valence-electron chi connectivity index (χ1n) is 8.39. The minimum Gasteiger partial charge on any atom is -0.463 e. The first kappa shape index (κ1) is 19.3. The molecule has 1 heterocycles. The summed E-state index contributed by atoms with van der Waals surface area (Å²) in [5.41, 5.74) is 2.21. The van der Waals surface area contributed by atoms with Gasteiger partial charge in [-0.15, -0.1) is 0 Å². The predicted molar refractivity (Wildman–Crippen MR) is 102 cm³/mol. The van der Waals surface area contributed by atoms with Gasteiger partial charge in [-0.25, -0.2) is 4.79 Å². The van der Waals surface area contributed by atoms with Crippen molar-refractivity contribution < 1.29 is 29.1 Å². The number of ether oxygens (including phenoxy) is 3. The number of halogens is 1. The summed E-state index contributed by atoms with van der Waals surface area (Å²) in [5, 5.41) is 18.8. The largest absolute Gasteiger partial charge is 0.488 e. The smallest absolute Gasteiger partial charge is 0.463 e. The third kappa shape index (κ3) is 4.63. The molecule has 1 aliphatic rings. The summed E-state index contributed by atoms with van der Waals surface area (Å²) < 4.78 is 15.8. The van der Waals surface area contributed by atoms with Crippen LogP contribution in [0.1, 0.15) is 18.1 Å². The fourth-order valence-electron chi connectivity index (χ4n) is 2.67. The number of benzene rings is 2. The van der Waals surface area contributed by atoms with Gasteiger partial charge in [-0.05, 0) is 35.7 Å². The Hall–Kier alpha value is -2.48. The van der Waals surface area contributed by atoms with Gasteiger partial charge in [-0.3, -0.25) is 0 Å². The van der Waals surface area contributed by atoms with Crippen LogP contribution >= 0.6 is 11.6 Å². The summed E-state index contributed by atoms with van der Waals surface area (Å²) in [6.45, 7) is 2.12. The highest BCUT2D eigenvalue weighted by molar-refractivity contribution is 6.58. The molecular weight excluding hydrogens is 370 g/mol. The van der Waals surface area contributed by atoms with Gasteiger partial charge >= 0.3 is 13.1 Å². The van der Waals surface area contributed by atoms with E-state index in [1.807, 2.05) is 0 Å². The van der Waals surface area contributed by atoms with E-state index in [2.05, 4.69) is 0 Å². The molecule has 0 unspecified atom stereocenters. The van der Waals surface area contributed by atoms with Crippen molar-refractivity contribution in [3.63, 3.8) is 0 Å². The van der Waals surface area contributed by atoms with Gasteiger partial charge in [0.05, 0.1) is 6.61 Å². The maximum atomic E-state index is 12.4. The molecule has 2 N–H and O–H groups in total. The van der Waals surface area contributed by atoms with E-state index >= 15 is 0 Å². The summed E-state index contributed by atoms with van der Waals surface area (Å²) in [7, 11) is -1.54. The topological polar surface area (TPSA) is 85.2 Å². The minimum atomic E-state index is -1.54. The quantitative estimate of drug-likeness (QED) is 0.447. The van der Waals surface area contributed by atoms with E-state index in [0.717, 1.165) is 5.56 Å². The van der Waals surface area contributed by atoms with Crippen LogP contribution in [0.25, 0.3) is 6.08 Å². The molecule has 27 heavy (non-hydrogen) atoms. The molecule has 2 aromatic carbocycles. The molecule has 0 spiro atoms. The molecule has 8 heteroatoms. The number of carbonyl (C=O) groups excluding carboxylic acids is 1. The van der Waals surface area contributed by atoms with Crippen LogP contribution in [0.2, 0.25) is 5.02 Å². The van der Waals surface area contributed by atoms with E-state index in [4.69, 9.17) is 25.8 Å². The van der Waals surface area contributed by atoms with Gasteiger partial charge in [-0.1, -0.05) is 35.9 Å². The summed E-state index contributed by atoms with van der Waals surface area (Å²) in [6.07, 6.45) is 1.94. The van der Waals surface area contributed by atoms with Crippen LogP contribution in [-0.2, 0) is 16.0 Å². The normalized spacial score (nSPS) is 12.8. The van der Waals surface area contributed by atoms with Gasteiger partial charge in [0.2, 0.25) is 6.79 Å². The Morgan fingerprint density at radius 3 is 2.52 bits per heavy atom. The van der Waals surface area contributed by atoms with Crippen molar-refractivity contribution in [1.29, 1.82) is 0 Å². The van der Waals surface area contributed by atoms with Crippen molar-refractivity contribution in [1.82, 2.24) is 0 Å². The standard InChI is InChI=1S/C19H18BClO6/c1-2-25-19(22)14(7-12-3-5-15(6-4-12)20(23)24)8-13-9-17-18(10-16(13)21)27-11-26-17/h3-7,9-10,23-24H,2,8,11H2,1H3/b14-7+. The molecular formula is C19H18BClO6. The Kier molecular flexibility index (Phi) is 6.06. The Morgan fingerprint density at radius 2 is 1.89 bits per heavy atom. The third-order valence-electron chi connectivity index (χ3n) is 4.04. The van der Waals surface area contributed by atoms with E-state index in [9.17, 15) is 14.8 Å². The van der Waals surface area contributed by atoms with Crippen LogP contribution in [0.15, 0.2) is 42.0 Å². The predicted octanol–water partition coefficient (Wildman–Crippen LogP) is 1.94. The highest BCUT2D eigenvalue weighted by Crippen LogP contribution is 2.37. The van der Waals surface area contributed by atoms with Crippen molar-refractivity contribution in [3.05, 3.63) is 58.1 Å². The number of hydrogen-bond donors (Lipinski definition) is 2. The summed E-state index contributed by atoms with van der Waals surface area (Å²) in [4.78, 5) is 12.4. The Morgan fingerprint density at radius 1 is 1.22 bits per heavy atom. The monoisotopic (exact) mass is 388 g/mol. The number of carbonyl (C=O) groups is 1. The second kappa shape index (κ2) is 8.48. The fourth-order valence-corrected chi connectivity index (χ4v) is 2.89. The maximum Gasteiger partial charge on any atom is 0.488 e. The van der Waals surface area contributed by atoms with Crippen molar-refractivity contribution >= 4 is 36.2 Å². The summed E-state index contributed by atoms with van der Waals surface area (Å²) in [6, 6.07) is 9.95. The number of fused-ring (bicyclic) bond motifs is 1. The molecule has 3 rings (SSSR count). The van der Waals surface area contributed by atoms with E-state index in [1.165, 1.54) is 0 Å². The first-order valence-corrected chi connectivity index (χ1v) is 8.77. The van der Waals surface area contributed by atoms with Gasteiger partial charge < -0.3 is 24.3 Å². The van der Waals surface area contributed by atoms with Crippen LogP contribution in [0.4, 0.5) is 0 Å². The molecule has 0 atom stereocenters. The molecule has 0 saturated carbocycles. The molecule has 0 bridgehead atoms. The number of esters is 1. The first-order chi connectivity index (χ1) is 13.0. The average Bonchev–Trinajstić information content (AvgIpc) is 3.09. The SMILES string of the molecule is CCOC(=O)/C(=C/c1ccc(B(O)O)cc1)Cc1cc2c(cc1Cl)OCO2. The summed E-state index contributed by atoms with van der Waals surface area (Å²) in [5.74, 6) is 0.708. The molecule has 140 valence electrons. The van der Waals surface area contributed by atoms with Crippen LogP contribution < -0.4 is 14.9 Å². The van der Waals surface area contributed by atoms with E-state index in [-0.39, 0.29) is 19.8 Å². The van der Waals surface area contributed by atoms with Crippen LogP contribution in [-0.4, -0.2) is 36.5 Å². The zero-order chi connectivity index (χ0) is 19.4. The highest BCUT2D eigenvalue weighted by Gasteiger charge is 2.20. The molecule has 1 aliphatic heterocycles. The minimum absolute atomic E-state index is 0.138. The third-order valence-corrected chi connectivity index (χ3v) is 4.39. The van der Waals surface area contributed by atoms with Crippen LogP contribution in [0.5, 0.6) is 11.5 Å². The fraction of sp³-hybridized carbons (Fsp3) is 0.211. The Balaban J connectivity index is 1.91. The van der Waals surface area contributed by atoms with E-state index in [1.54, 1.807) is 49.4 Å². The lowest BCUT2D eigenvalue weighted by Gasteiger charge is -2.10. The van der Waals surface area contributed by atoms with Crippen molar-refractivity contribution in [2.75, 3.05) is 13.4 Å². The molecule has 0 fully saturated rings. The van der Waals surface area contributed by atoms with Crippen LogP contribution in [0.3, 0.4) is 0 Å². The molecule has 0 saturated heterocycles. The maximum absolute atomic E-state index is 12.4. The number of hydrogen-bond acceptors (Lipinski definition) is 6. The molecule has 2 aromatic rings. The lowest BCUT2D eigenvalue weighted by molar-refractivity contribution is -0.138. The Bertz CT molecular complexity index is 863. The zero-order valence-electron chi connectivity index (χ0n) is 14.6. The molecule has 0 aliphatic carbocycles. The lowest BCUT2D eigenvalue weighted by atomic mass is 9.80. The van der Waals surface area contributed by atoms with E-state index < -0.39 is 13.1 Å². The van der Waals surface area contributed by atoms with E-state index in [0.29, 0.717) is 33.1 Å². The average molecular weight is 389 g/mol. The second-order valence-corrected chi connectivity index (χ2v) is 6.31. The zero-order valence-corrected chi connectivity index (χ0v) is 15.4. The molecule has 0 aromatic heterocycles. The van der Waals surface area contributed by atoms with Crippen LogP contribution in [0, 0.1) is 0 Å². The van der Waals surface area contributed by atoms with Crippen molar-refractivity contribution in [2.45, 2.75) is 13.3 Å². The highest BCUT2D eigenvalue weighted by atomic mass is 35.5. The van der Waals surface area contributed by atoms with Crippen molar-refractivity contribution in [2.24, 2.45) is 0 Å². The van der Waals surface area contributed by atoms with Gasteiger partial charge in [0.15, 0.2) is 11.5 Å². The van der Waals surface area contributed by atoms with Gasteiger partial charge in [0.1, 0.15) is 0 Å². The molecule has 0 radical (unpaired) electrons. The Labute approximate surface area is 162 Å². The summed E-state index contributed by atoms with van der Waals surface area (Å²) >= 11 is 6.32. The number of rotatable bonds is 6. The van der Waals surface area contributed by atoms with Gasteiger partial charge in [-0.2, -0.15) is 0 Å².